The van der Waals surface area contributed by atoms with Crippen molar-refractivity contribution < 1.29 is 28.6 Å². The van der Waals surface area contributed by atoms with Gasteiger partial charge in [0.25, 0.3) is 0 Å². The van der Waals surface area contributed by atoms with Crippen molar-refractivity contribution in [3.63, 3.8) is 0 Å². The van der Waals surface area contributed by atoms with E-state index in [0.29, 0.717) is 0 Å². The Hall–Kier alpha value is -1.27. The van der Waals surface area contributed by atoms with Gasteiger partial charge in [-0.25, -0.2) is 0 Å². The van der Waals surface area contributed by atoms with Gasteiger partial charge in [-0.3, -0.25) is 14.4 Å². The van der Waals surface area contributed by atoms with Gasteiger partial charge in [-0.2, -0.15) is 0 Å². The average Bonchev–Trinajstić information content (AvgIpc) is 2.21. The first-order valence-electron chi connectivity index (χ1n) is 5.09. The molecule has 0 unspecified atom stereocenters. The van der Waals surface area contributed by atoms with E-state index < -0.39 is 11.4 Å². The largest absolute Gasteiger partial charge is 0.439 e. The molecular weight excluding hydrogens is 228 g/mol. The second-order valence-corrected chi connectivity index (χ2v) is 3.73. The molecule has 0 amide bonds. The Bertz CT molecular complexity index is 282. The SMILES string of the molecule is COCC(COCOC(C)=O)(C(C)=O)C(C)=O. The standard InChI is InChI=1S/C11H18O6/c1-8(12)11(5-15-4,9(2)13)6-16-7-17-10(3)14/h5-7H2,1-4H3. The highest BCUT2D eigenvalue weighted by atomic mass is 16.7. The van der Waals surface area contributed by atoms with Crippen LogP contribution in [-0.4, -0.2) is 44.7 Å². The monoisotopic (exact) mass is 246 g/mol. The van der Waals surface area contributed by atoms with Gasteiger partial charge in [0.1, 0.15) is 17.0 Å². The van der Waals surface area contributed by atoms with Crippen LogP contribution in [0, 0.1) is 5.41 Å². The van der Waals surface area contributed by atoms with Crippen LogP contribution in [0.1, 0.15) is 20.8 Å². The van der Waals surface area contributed by atoms with Gasteiger partial charge < -0.3 is 14.2 Å². The maximum absolute atomic E-state index is 11.5. The summed E-state index contributed by atoms with van der Waals surface area (Å²) in [4.78, 5) is 33.6. The summed E-state index contributed by atoms with van der Waals surface area (Å²) >= 11 is 0. The van der Waals surface area contributed by atoms with Gasteiger partial charge in [0.05, 0.1) is 13.2 Å². The van der Waals surface area contributed by atoms with E-state index in [2.05, 4.69) is 4.74 Å². The van der Waals surface area contributed by atoms with Crippen LogP contribution in [0.3, 0.4) is 0 Å². The molecule has 0 aromatic carbocycles. The Labute approximate surface area is 100 Å². The first-order chi connectivity index (χ1) is 7.86. The number of carbonyl (C=O) groups excluding carboxylic acids is 3. The Morgan fingerprint density at radius 3 is 1.88 bits per heavy atom. The summed E-state index contributed by atoms with van der Waals surface area (Å²) in [5.74, 6) is -1.17. The van der Waals surface area contributed by atoms with Crippen LogP contribution < -0.4 is 0 Å². The molecule has 0 aliphatic heterocycles. The van der Waals surface area contributed by atoms with E-state index in [1.807, 2.05) is 0 Å². The quantitative estimate of drug-likeness (QED) is 0.266. The Morgan fingerprint density at radius 1 is 1.00 bits per heavy atom. The van der Waals surface area contributed by atoms with Crippen LogP contribution in [0.15, 0.2) is 0 Å². The van der Waals surface area contributed by atoms with Crippen molar-refractivity contribution >= 4 is 17.5 Å². The topological polar surface area (TPSA) is 78.9 Å². The molecule has 0 aliphatic rings. The molecule has 0 saturated heterocycles. The fourth-order valence-corrected chi connectivity index (χ4v) is 1.28. The van der Waals surface area contributed by atoms with E-state index >= 15 is 0 Å². The fraction of sp³-hybridized carbons (Fsp3) is 0.727. The van der Waals surface area contributed by atoms with Gasteiger partial charge in [-0.05, 0) is 13.8 Å². The van der Waals surface area contributed by atoms with Gasteiger partial charge >= 0.3 is 5.97 Å². The Kier molecular flexibility index (Phi) is 6.60. The number of ether oxygens (including phenoxy) is 3. The summed E-state index contributed by atoms with van der Waals surface area (Å²) in [5.41, 5.74) is -1.32. The number of Topliss-reactive ketones (excluding diaryl/α,β-unsaturated/α-hetero) is 2. The normalized spacial score (nSPS) is 11.1. The number of carbonyl (C=O) groups is 3. The molecule has 0 bridgehead atoms. The summed E-state index contributed by atoms with van der Waals surface area (Å²) in [7, 11) is 1.40. The number of hydrogen-bond donors (Lipinski definition) is 0. The average molecular weight is 246 g/mol. The number of hydrogen-bond acceptors (Lipinski definition) is 6. The van der Waals surface area contributed by atoms with Crippen LogP contribution in [0.25, 0.3) is 0 Å². The molecule has 6 heteroatoms. The number of methoxy groups -OCH3 is 1. The molecule has 0 fully saturated rings. The van der Waals surface area contributed by atoms with Gasteiger partial charge in [0.15, 0.2) is 6.79 Å². The smallest absolute Gasteiger partial charge is 0.304 e. The van der Waals surface area contributed by atoms with Crippen LogP contribution in [-0.2, 0) is 28.6 Å². The maximum atomic E-state index is 11.5. The molecule has 0 atom stereocenters. The highest BCUT2D eigenvalue weighted by Crippen LogP contribution is 2.21. The van der Waals surface area contributed by atoms with E-state index in [0.717, 1.165) is 0 Å². The number of ketones is 2. The molecule has 0 saturated carbocycles. The summed E-state index contributed by atoms with van der Waals surface area (Å²) < 4.78 is 14.4. The lowest BCUT2D eigenvalue weighted by atomic mass is 9.82. The Morgan fingerprint density at radius 2 is 1.53 bits per heavy atom. The van der Waals surface area contributed by atoms with Crippen LogP contribution >= 0.6 is 0 Å². The number of rotatable bonds is 8. The van der Waals surface area contributed by atoms with Crippen LogP contribution in [0.4, 0.5) is 0 Å². The van der Waals surface area contributed by atoms with Crippen molar-refractivity contribution in [1.29, 1.82) is 0 Å². The zero-order chi connectivity index (χ0) is 13.5. The molecule has 0 aliphatic carbocycles. The van der Waals surface area contributed by atoms with Crippen molar-refractivity contribution in [3.8, 4) is 0 Å². The van der Waals surface area contributed by atoms with E-state index in [9.17, 15) is 14.4 Å². The third kappa shape index (κ3) is 4.62. The van der Waals surface area contributed by atoms with Gasteiger partial charge in [-0.15, -0.1) is 0 Å². The molecule has 6 nitrogen and oxygen atoms in total. The van der Waals surface area contributed by atoms with Crippen LogP contribution in [0.5, 0.6) is 0 Å². The van der Waals surface area contributed by atoms with Crippen molar-refractivity contribution in [2.75, 3.05) is 27.1 Å². The third-order valence-corrected chi connectivity index (χ3v) is 2.43. The summed E-state index contributed by atoms with van der Waals surface area (Å²) in [6.07, 6.45) is 0. The van der Waals surface area contributed by atoms with Crippen molar-refractivity contribution in [1.82, 2.24) is 0 Å². The predicted octanol–water partition coefficient (Wildman–Crippen LogP) is 0.334. The molecule has 0 radical (unpaired) electrons. The molecule has 0 N–H and O–H groups in total. The molecule has 98 valence electrons. The van der Waals surface area contributed by atoms with Crippen molar-refractivity contribution in [3.05, 3.63) is 0 Å². The zero-order valence-electron chi connectivity index (χ0n) is 10.6. The van der Waals surface area contributed by atoms with E-state index in [4.69, 9.17) is 9.47 Å². The minimum absolute atomic E-state index is 0.0578. The lowest BCUT2D eigenvalue weighted by Crippen LogP contribution is -2.45. The first kappa shape index (κ1) is 15.7. The molecule has 17 heavy (non-hydrogen) atoms. The molecule has 0 rings (SSSR count). The van der Waals surface area contributed by atoms with Gasteiger partial charge in [0.2, 0.25) is 0 Å². The highest BCUT2D eigenvalue weighted by Gasteiger charge is 2.41. The zero-order valence-corrected chi connectivity index (χ0v) is 10.6. The molecule has 0 heterocycles. The minimum atomic E-state index is -1.32. The number of esters is 1. The van der Waals surface area contributed by atoms with Crippen LogP contribution in [0.2, 0.25) is 0 Å². The molecule has 0 aromatic rings. The Balaban J connectivity index is 4.52. The second-order valence-electron chi connectivity index (χ2n) is 3.73. The fourth-order valence-electron chi connectivity index (χ4n) is 1.28. The predicted molar refractivity (Wildman–Crippen MR) is 58.3 cm³/mol. The van der Waals surface area contributed by atoms with E-state index in [1.165, 1.54) is 27.9 Å². The maximum Gasteiger partial charge on any atom is 0.304 e. The van der Waals surface area contributed by atoms with Gasteiger partial charge in [-0.1, -0.05) is 0 Å². The lowest BCUT2D eigenvalue weighted by molar-refractivity contribution is -0.162. The molecular formula is C11H18O6. The highest BCUT2D eigenvalue weighted by molar-refractivity contribution is 6.05. The lowest BCUT2D eigenvalue weighted by Gasteiger charge is -2.27. The van der Waals surface area contributed by atoms with Crippen molar-refractivity contribution in [2.45, 2.75) is 20.8 Å². The summed E-state index contributed by atoms with van der Waals surface area (Å²) in [6.45, 7) is 3.32. The van der Waals surface area contributed by atoms with Crippen molar-refractivity contribution in [2.24, 2.45) is 5.41 Å². The minimum Gasteiger partial charge on any atom is -0.439 e. The summed E-state index contributed by atoms with van der Waals surface area (Å²) in [6, 6.07) is 0. The summed E-state index contributed by atoms with van der Waals surface area (Å²) in [5, 5.41) is 0. The van der Waals surface area contributed by atoms with E-state index in [-0.39, 0.29) is 31.6 Å². The van der Waals surface area contributed by atoms with Gasteiger partial charge in [0, 0.05) is 14.0 Å². The first-order valence-corrected chi connectivity index (χ1v) is 5.09. The van der Waals surface area contributed by atoms with E-state index in [1.54, 1.807) is 0 Å². The third-order valence-electron chi connectivity index (χ3n) is 2.43. The molecule has 0 aromatic heterocycles. The molecule has 0 spiro atoms. The second kappa shape index (κ2) is 7.13.